The number of nitrogens with one attached hydrogen (secondary N) is 1. The van der Waals surface area contributed by atoms with Gasteiger partial charge in [0.25, 0.3) is 0 Å². The van der Waals surface area contributed by atoms with E-state index < -0.39 is 11.9 Å². The van der Waals surface area contributed by atoms with Gasteiger partial charge in [0.1, 0.15) is 11.9 Å². The van der Waals surface area contributed by atoms with Crippen LogP contribution in [0.25, 0.3) is 11.1 Å². The Kier molecular flexibility index (Phi) is 6.32. The zero-order valence-electron chi connectivity index (χ0n) is 15.2. The van der Waals surface area contributed by atoms with Gasteiger partial charge in [0.2, 0.25) is 0 Å². The van der Waals surface area contributed by atoms with Gasteiger partial charge in [-0.3, -0.25) is 0 Å². The molecule has 2 N–H and O–H groups in total. The number of thiophene rings is 1. The summed E-state index contributed by atoms with van der Waals surface area (Å²) in [7, 11) is 0. The van der Waals surface area contributed by atoms with Crippen LogP contribution in [0.5, 0.6) is 0 Å². The first kappa shape index (κ1) is 19.6. The summed E-state index contributed by atoms with van der Waals surface area (Å²) in [5, 5.41) is 16.7. The van der Waals surface area contributed by atoms with Crippen molar-refractivity contribution < 1.29 is 9.50 Å². The first-order valence-corrected chi connectivity index (χ1v) is 9.93. The van der Waals surface area contributed by atoms with Gasteiger partial charge in [0.15, 0.2) is 0 Å². The van der Waals surface area contributed by atoms with Crippen molar-refractivity contribution in [2.45, 2.75) is 20.0 Å². The lowest BCUT2D eigenvalue weighted by Crippen LogP contribution is -2.21. The monoisotopic (exact) mass is 401 g/mol. The van der Waals surface area contributed by atoms with Crippen LogP contribution in [-0.4, -0.2) is 17.8 Å². The van der Waals surface area contributed by atoms with E-state index in [9.17, 15) is 9.50 Å². The lowest BCUT2D eigenvalue weighted by Gasteiger charge is -2.24. The number of allylic oxidation sites excluding steroid dienone is 2. The molecule has 0 fully saturated rings. The topological polar surface area (TPSA) is 32.3 Å². The average Bonchev–Trinajstić information content (AvgIpc) is 3.21. The zero-order valence-corrected chi connectivity index (χ0v) is 16.7. The van der Waals surface area contributed by atoms with Crippen molar-refractivity contribution in [3.63, 3.8) is 0 Å². The molecule has 5 heteroatoms. The van der Waals surface area contributed by atoms with Crippen LogP contribution in [0.15, 0.2) is 71.3 Å². The summed E-state index contributed by atoms with van der Waals surface area (Å²) in [5.74, 6) is -0.412. The van der Waals surface area contributed by atoms with Gasteiger partial charge in [-0.15, -0.1) is 11.3 Å². The van der Waals surface area contributed by atoms with E-state index in [1.54, 1.807) is 29.7 Å². The van der Waals surface area contributed by atoms with Crippen LogP contribution in [0.3, 0.4) is 0 Å². The normalized spacial score (nSPS) is 16.5. The number of aliphatic hydroxyl groups is 1. The Morgan fingerprint density at radius 3 is 2.78 bits per heavy atom. The molecule has 2 heterocycles. The molecular formula is C22H21ClFNOS. The third-order valence-electron chi connectivity index (χ3n) is 4.50. The van der Waals surface area contributed by atoms with Crippen LogP contribution in [0.1, 0.15) is 24.3 Å². The first-order valence-electron chi connectivity index (χ1n) is 8.67. The van der Waals surface area contributed by atoms with Crippen molar-refractivity contribution in [3.8, 4) is 0 Å². The minimum absolute atomic E-state index is 0.342. The van der Waals surface area contributed by atoms with Crippen LogP contribution in [0.4, 0.5) is 4.39 Å². The van der Waals surface area contributed by atoms with E-state index >= 15 is 0 Å². The summed E-state index contributed by atoms with van der Waals surface area (Å²) < 4.78 is 14.7. The number of benzene rings is 1. The van der Waals surface area contributed by atoms with Crippen molar-refractivity contribution >= 4 is 34.1 Å². The van der Waals surface area contributed by atoms with Gasteiger partial charge in [-0.25, -0.2) is 4.39 Å². The number of dihydropyridines is 1. The maximum atomic E-state index is 14.7. The second kappa shape index (κ2) is 8.70. The molecule has 0 amide bonds. The van der Waals surface area contributed by atoms with E-state index in [0.717, 1.165) is 22.6 Å². The third-order valence-corrected chi connectivity index (χ3v) is 5.72. The summed E-state index contributed by atoms with van der Waals surface area (Å²) in [5.41, 5.74) is 3.41. The Bertz CT molecular complexity index is 941. The minimum atomic E-state index is -0.891. The molecule has 0 aliphatic carbocycles. The predicted molar refractivity (Wildman–Crippen MR) is 113 cm³/mol. The summed E-state index contributed by atoms with van der Waals surface area (Å²) in [6.45, 7) is 4.53. The highest BCUT2D eigenvalue weighted by Crippen LogP contribution is 2.37. The van der Waals surface area contributed by atoms with E-state index in [1.807, 2.05) is 49.6 Å². The van der Waals surface area contributed by atoms with Crippen LogP contribution in [0.2, 0.25) is 5.02 Å². The van der Waals surface area contributed by atoms with Crippen molar-refractivity contribution in [1.82, 2.24) is 5.32 Å². The van der Waals surface area contributed by atoms with Gasteiger partial charge in [-0.1, -0.05) is 35.9 Å². The van der Waals surface area contributed by atoms with Crippen LogP contribution >= 0.6 is 22.9 Å². The molecule has 1 aromatic carbocycles. The smallest absolute Gasteiger partial charge is 0.132 e. The van der Waals surface area contributed by atoms with Gasteiger partial charge in [-0.2, -0.15) is 0 Å². The van der Waals surface area contributed by atoms with E-state index in [-0.39, 0.29) is 0 Å². The molecule has 3 rings (SSSR count). The molecule has 2 nitrogen and oxygen atoms in total. The fourth-order valence-electron chi connectivity index (χ4n) is 3.17. The molecule has 1 aliphatic rings. The number of hydrogen-bond acceptors (Lipinski definition) is 3. The molecule has 0 spiro atoms. The van der Waals surface area contributed by atoms with Crippen molar-refractivity contribution in [1.29, 1.82) is 0 Å². The molecule has 2 aromatic rings. The predicted octanol–water partition coefficient (Wildman–Crippen LogP) is 5.82. The average molecular weight is 402 g/mol. The maximum absolute atomic E-state index is 14.7. The summed E-state index contributed by atoms with van der Waals surface area (Å²) in [6, 6.07) is 8.58. The number of rotatable bonds is 5. The van der Waals surface area contributed by atoms with E-state index in [2.05, 4.69) is 5.32 Å². The Hall–Kier alpha value is -2.14. The molecule has 140 valence electrons. The van der Waals surface area contributed by atoms with Crippen molar-refractivity contribution in [2.75, 3.05) is 6.54 Å². The van der Waals surface area contributed by atoms with Crippen molar-refractivity contribution in [3.05, 3.63) is 92.6 Å². The highest BCUT2D eigenvalue weighted by Gasteiger charge is 2.24. The fourth-order valence-corrected chi connectivity index (χ4v) is 4.07. The maximum Gasteiger partial charge on any atom is 0.132 e. The zero-order chi connectivity index (χ0) is 19.4. The van der Waals surface area contributed by atoms with E-state index in [1.165, 1.54) is 6.07 Å². The van der Waals surface area contributed by atoms with Crippen LogP contribution in [0, 0.1) is 5.82 Å². The van der Waals surface area contributed by atoms with Gasteiger partial charge >= 0.3 is 0 Å². The standard InChI is InChI=1S/C22H21ClFNOS/c1-3-17(18-9-8-16(23)12-19(18)24)21(14(2)20-7-5-11-27-20)22(26)15-6-4-10-25-13-15/h3-9,11-13,22,25-26H,10H2,1-2H3/b17-3-,21-14-. The van der Waals surface area contributed by atoms with Gasteiger partial charge in [-0.05, 0) is 60.2 Å². The molecule has 27 heavy (non-hydrogen) atoms. The lowest BCUT2D eigenvalue weighted by atomic mass is 9.86. The third kappa shape index (κ3) is 4.24. The van der Waals surface area contributed by atoms with E-state index in [0.29, 0.717) is 21.7 Å². The molecule has 0 bridgehead atoms. The number of aliphatic hydroxyl groups excluding tert-OH is 1. The van der Waals surface area contributed by atoms with Crippen molar-refractivity contribution in [2.24, 2.45) is 0 Å². The lowest BCUT2D eigenvalue weighted by molar-refractivity contribution is 0.255. The van der Waals surface area contributed by atoms with Gasteiger partial charge in [0.05, 0.1) is 0 Å². The first-order chi connectivity index (χ1) is 13.0. The summed E-state index contributed by atoms with van der Waals surface area (Å²) in [6.07, 6.45) is 6.60. The molecular weight excluding hydrogens is 381 g/mol. The largest absolute Gasteiger partial charge is 0.387 e. The number of halogens is 2. The molecule has 1 atom stereocenters. The highest BCUT2D eigenvalue weighted by molar-refractivity contribution is 7.11. The molecule has 1 unspecified atom stereocenters. The summed E-state index contributed by atoms with van der Waals surface area (Å²) in [4.78, 5) is 1.03. The Morgan fingerprint density at radius 2 is 2.19 bits per heavy atom. The van der Waals surface area contributed by atoms with Gasteiger partial charge in [0, 0.05) is 33.8 Å². The highest BCUT2D eigenvalue weighted by atomic mass is 35.5. The second-order valence-electron chi connectivity index (χ2n) is 6.20. The quantitative estimate of drug-likeness (QED) is 0.618. The Labute approximate surface area is 168 Å². The minimum Gasteiger partial charge on any atom is -0.387 e. The molecule has 0 saturated carbocycles. The van der Waals surface area contributed by atoms with Crippen LogP contribution < -0.4 is 5.32 Å². The summed E-state index contributed by atoms with van der Waals surface area (Å²) >= 11 is 7.52. The second-order valence-corrected chi connectivity index (χ2v) is 7.58. The van der Waals surface area contributed by atoms with Gasteiger partial charge < -0.3 is 10.4 Å². The molecule has 0 radical (unpaired) electrons. The fraction of sp³-hybridized carbons (Fsp3) is 0.182. The van der Waals surface area contributed by atoms with Crippen LogP contribution in [-0.2, 0) is 0 Å². The SMILES string of the molecule is C/C=C(\C(=C(/C)c1cccs1)C(O)C1=CNCC=C1)c1ccc(Cl)cc1F. The van der Waals surface area contributed by atoms with E-state index in [4.69, 9.17) is 11.6 Å². The Morgan fingerprint density at radius 1 is 1.37 bits per heavy atom. The molecule has 1 aromatic heterocycles. The Balaban J connectivity index is 2.18. The molecule has 1 aliphatic heterocycles. The molecule has 0 saturated heterocycles. The number of hydrogen-bond donors (Lipinski definition) is 2.